The number of carbonyl (C=O) groups excluding carboxylic acids is 2. The third-order valence-electron chi connectivity index (χ3n) is 7.01. The van der Waals surface area contributed by atoms with Gasteiger partial charge < -0.3 is 20.5 Å². The quantitative estimate of drug-likeness (QED) is 0.513. The fourth-order valence-corrected chi connectivity index (χ4v) is 5.25. The molecule has 0 aliphatic heterocycles. The molecule has 0 spiro atoms. The van der Waals surface area contributed by atoms with Gasteiger partial charge in [0.25, 0.3) is 0 Å². The largest absolute Gasteiger partial charge is 0.481 e. The molecular weight excluding hydrogens is 432 g/mol. The highest BCUT2D eigenvalue weighted by Crippen LogP contribution is 2.44. The van der Waals surface area contributed by atoms with Crippen molar-refractivity contribution in [1.29, 1.82) is 0 Å². The van der Waals surface area contributed by atoms with E-state index in [-0.39, 0.29) is 36.9 Å². The Morgan fingerprint density at radius 2 is 1.68 bits per heavy atom. The van der Waals surface area contributed by atoms with Crippen molar-refractivity contribution < 1.29 is 24.2 Å². The van der Waals surface area contributed by atoms with Crippen LogP contribution in [-0.4, -0.2) is 42.3 Å². The van der Waals surface area contributed by atoms with E-state index in [0.717, 1.165) is 24.0 Å². The van der Waals surface area contributed by atoms with E-state index >= 15 is 0 Å². The maximum atomic E-state index is 12.7. The number of carboxylic acids is 1. The van der Waals surface area contributed by atoms with Crippen LogP contribution >= 0.6 is 0 Å². The number of amides is 2. The number of alkyl carbamates (subject to hydrolysis) is 1. The summed E-state index contributed by atoms with van der Waals surface area (Å²) in [4.78, 5) is 36.7. The van der Waals surface area contributed by atoms with Crippen molar-refractivity contribution in [2.75, 3.05) is 13.2 Å². The number of hydrogen-bond acceptors (Lipinski definition) is 4. The number of carboxylic acid groups (broad SMARTS) is 1. The monoisotopic (exact) mass is 464 g/mol. The number of aliphatic carboxylic acids is 1. The van der Waals surface area contributed by atoms with Gasteiger partial charge in [0.2, 0.25) is 5.91 Å². The molecule has 34 heavy (non-hydrogen) atoms. The van der Waals surface area contributed by atoms with Gasteiger partial charge in [0, 0.05) is 18.5 Å². The van der Waals surface area contributed by atoms with E-state index in [1.165, 1.54) is 11.1 Å². The average molecular weight is 465 g/mol. The zero-order valence-electron chi connectivity index (χ0n) is 19.5. The lowest BCUT2D eigenvalue weighted by molar-refractivity contribution is -0.142. The second-order valence-electron chi connectivity index (χ2n) is 9.18. The molecule has 0 heterocycles. The summed E-state index contributed by atoms with van der Waals surface area (Å²) in [5.74, 6) is -2.10. The first-order valence-corrected chi connectivity index (χ1v) is 12.1. The van der Waals surface area contributed by atoms with Gasteiger partial charge in [-0.15, -0.1) is 0 Å². The first-order valence-electron chi connectivity index (χ1n) is 12.1. The third kappa shape index (κ3) is 5.08. The molecule has 0 saturated heterocycles. The minimum absolute atomic E-state index is 0.0210. The van der Waals surface area contributed by atoms with E-state index in [9.17, 15) is 19.5 Å². The predicted molar refractivity (Wildman–Crippen MR) is 128 cm³/mol. The Labute approximate surface area is 199 Å². The second kappa shape index (κ2) is 10.7. The number of nitrogens with one attached hydrogen (secondary N) is 2. The lowest BCUT2D eigenvalue weighted by atomic mass is 9.98. The standard InChI is InChI=1S/C27H32N2O5/c1-2-8-17(26(31)32)15-28-25(30)22-13-7-14-24(22)29-27(33)34-16-23-20-11-5-3-9-18(20)19-10-4-6-12-21(19)23/h3-6,9-12,17,22-24H,2,7-8,13-16H2,1H3,(H,28,30)(H,29,33)(H,31,32)/t17?,22-,24+/m0/s1. The van der Waals surface area contributed by atoms with Crippen LogP contribution in [0.3, 0.4) is 0 Å². The number of rotatable bonds is 9. The number of hydrogen-bond donors (Lipinski definition) is 3. The predicted octanol–water partition coefficient (Wildman–Crippen LogP) is 4.31. The lowest BCUT2D eigenvalue weighted by Crippen LogP contribution is -2.45. The van der Waals surface area contributed by atoms with Gasteiger partial charge in [0.15, 0.2) is 0 Å². The van der Waals surface area contributed by atoms with Gasteiger partial charge in [0.1, 0.15) is 6.61 Å². The molecule has 2 aromatic rings. The van der Waals surface area contributed by atoms with Crippen molar-refractivity contribution in [3.05, 3.63) is 59.7 Å². The summed E-state index contributed by atoms with van der Waals surface area (Å²) in [6, 6.07) is 16.0. The molecule has 7 heteroatoms. The molecule has 2 amide bonds. The van der Waals surface area contributed by atoms with Gasteiger partial charge in [-0.2, -0.15) is 0 Å². The summed E-state index contributed by atoms with van der Waals surface area (Å²) in [5.41, 5.74) is 4.63. The molecule has 2 aliphatic carbocycles. The summed E-state index contributed by atoms with van der Waals surface area (Å²) in [7, 11) is 0. The molecule has 1 unspecified atom stereocenters. The van der Waals surface area contributed by atoms with Crippen molar-refractivity contribution in [2.24, 2.45) is 11.8 Å². The van der Waals surface area contributed by atoms with Crippen LogP contribution in [0.5, 0.6) is 0 Å². The van der Waals surface area contributed by atoms with Crippen molar-refractivity contribution in [3.8, 4) is 11.1 Å². The summed E-state index contributed by atoms with van der Waals surface area (Å²) < 4.78 is 5.63. The van der Waals surface area contributed by atoms with Crippen molar-refractivity contribution >= 4 is 18.0 Å². The van der Waals surface area contributed by atoms with Crippen LogP contribution in [0.15, 0.2) is 48.5 Å². The molecule has 1 fully saturated rings. The highest BCUT2D eigenvalue weighted by molar-refractivity contribution is 5.82. The van der Waals surface area contributed by atoms with Gasteiger partial charge in [0.05, 0.1) is 11.8 Å². The Hall–Kier alpha value is -3.35. The van der Waals surface area contributed by atoms with Gasteiger partial charge in [-0.05, 0) is 41.5 Å². The molecular formula is C27H32N2O5. The molecule has 3 N–H and O–H groups in total. The van der Waals surface area contributed by atoms with Crippen LogP contribution in [0.4, 0.5) is 4.79 Å². The molecule has 3 atom stereocenters. The van der Waals surface area contributed by atoms with E-state index < -0.39 is 18.0 Å². The van der Waals surface area contributed by atoms with E-state index in [4.69, 9.17) is 4.74 Å². The first kappa shape index (κ1) is 23.8. The number of ether oxygens (including phenoxy) is 1. The summed E-state index contributed by atoms with van der Waals surface area (Å²) in [6.45, 7) is 2.25. The Morgan fingerprint density at radius 3 is 2.29 bits per heavy atom. The summed E-state index contributed by atoms with van der Waals surface area (Å²) in [5, 5.41) is 15.0. The van der Waals surface area contributed by atoms with Gasteiger partial charge >= 0.3 is 12.1 Å². The Balaban J connectivity index is 1.32. The fraction of sp³-hybridized carbons (Fsp3) is 0.444. The molecule has 2 aromatic carbocycles. The van der Waals surface area contributed by atoms with Crippen LogP contribution in [0.1, 0.15) is 56.1 Å². The second-order valence-corrected chi connectivity index (χ2v) is 9.18. The van der Waals surface area contributed by atoms with Crippen LogP contribution in [0.2, 0.25) is 0 Å². The SMILES string of the molecule is CCCC(CNC(=O)[C@H]1CCC[C@H]1NC(=O)OCC1c2ccccc2-c2ccccc21)C(=O)O. The maximum Gasteiger partial charge on any atom is 0.407 e. The van der Waals surface area contributed by atoms with E-state index in [1.807, 2.05) is 31.2 Å². The summed E-state index contributed by atoms with van der Waals surface area (Å²) in [6.07, 6.45) is 2.90. The van der Waals surface area contributed by atoms with Gasteiger partial charge in [-0.3, -0.25) is 9.59 Å². The third-order valence-corrected chi connectivity index (χ3v) is 7.01. The van der Waals surface area contributed by atoms with E-state index in [1.54, 1.807) is 0 Å². The van der Waals surface area contributed by atoms with Crippen molar-refractivity contribution in [2.45, 2.75) is 51.0 Å². The van der Waals surface area contributed by atoms with Crippen molar-refractivity contribution in [3.63, 3.8) is 0 Å². The molecule has 0 radical (unpaired) electrons. The average Bonchev–Trinajstić information content (AvgIpc) is 3.42. The molecule has 0 aromatic heterocycles. The fourth-order valence-electron chi connectivity index (χ4n) is 5.25. The van der Waals surface area contributed by atoms with Gasteiger partial charge in [-0.1, -0.05) is 68.3 Å². The van der Waals surface area contributed by atoms with Gasteiger partial charge in [-0.25, -0.2) is 4.79 Å². The molecule has 4 rings (SSSR count). The Kier molecular flexibility index (Phi) is 7.50. The molecule has 180 valence electrons. The molecule has 0 bridgehead atoms. The van der Waals surface area contributed by atoms with Crippen LogP contribution in [0.25, 0.3) is 11.1 Å². The topological polar surface area (TPSA) is 105 Å². The number of benzene rings is 2. The van der Waals surface area contributed by atoms with Crippen LogP contribution < -0.4 is 10.6 Å². The lowest BCUT2D eigenvalue weighted by Gasteiger charge is -2.22. The highest BCUT2D eigenvalue weighted by atomic mass is 16.5. The Morgan fingerprint density at radius 1 is 1.03 bits per heavy atom. The number of carbonyl (C=O) groups is 3. The van der Waals surface area contributed by atoms with E-state index in [0.29, 0.717) is 19.3 Å². The van der Waals surface area contributed by atoms with E-state index in [2.05, 4.69) is 34.9 Å². The maximum absolute atomic E-state index is 12.7. The minimum atomic E-state index is -0.901. The van der Waals surface area contributed by atoms with Crippen LogP contribution in [-0.2, 0) is 14.3 Å². The smallest absolute Gasteiger partial charge is 0.407 e. The zero-order valence-corrected chi connectivity index (χ0v) is 19.5. The molecule has 1 saturated carbocycles. The zero-order chi connectivity index (χ0) is 24.1. The van der Waals surface area contributed by atoms with Crippen molar-refractivity contribution in [1.82, 2.24) is 10.6 Å². The van der Waals surface area contributed by atoms with Crippen LogP contribution in [0, 0.1) is 11.8 Å². The normalized spacial score (nSPS) is 19.7. The molecule has 7 nitrogen and oxygen atoms in total. The minimum Gasteiger partial charge on any atom is -0.481 e. The summed E-state index contributed by atoms with van der Waals surface area (Å²) >= 11 is 0. The first-order chi connectivity index (χ1) is 16.5. The number of fused-ring (bicyclic) bond motifs is 3. The molecule has 2 aliphatic rings. The Bertz CT molecular complexity index is 1010. The highest BCUT2D eigenvalue weighted by Gasteiger charge is 2.35.